The van der Waals surface area contributed by atoms with Crippen LogP contribution in [0.2, 0.25) is 0 Å². The highest BCUT2D eigenvalue weighted by Crippen LogP contribution is 2.22. The molecule has 104 valence electrons. The van der Waals surface area contributed by atoms with Crippen LogP contribution >= 0.6 is 0 Å². The minimum absolute atomic E-state index is 0.413. The normalized spacial score (nSPS) is 11.1. The molecule has 0 saturated heterocycles. The lowest BCUT2D eigenvalue weighted by atomic mass is 10.1. The molecule has 0 saturated carbocycles. The quantitative estimate of drug-likeness (QED) is 0.877. The molecular weight excluding hydrogens is 252 g/mol. The summed E-state index contributed by atoms with van der Waals surface area (Å²) in [5, 5.41) is 0. The zero-order valence-corrected chi connectivity index (χ0v) is 11.6. The zero-order chi connectivity index (χ0) is 14.5. The van der Waals surface area contributed by atoms with Gasteiger partial charge in [-0.3, -0.25) is 4.79 Å². The van der Waals surface area contributed by atoms with Gasteiger partial charge >= 0.3 is 0 Å². The fraction of sp³-hybridized carbons (Fsp3) is 0.188. The van der Waals surface area contributed by atoms with Crippen LogP contribution in [0.25, 0.3) is 17.3 Å². The van der Waals surface area contributed by atoms with E-state index in [-0.39, 0.29) is 0 Å². The van der Waals surface area contributed by atoms with Crippen molar-refractivity contribution in [2.75, 3.05) is 13.7 Å². The number of H-pyrrole nitrogens is 1. The van der Waals surface area contributed by atoms with E-state index in [9.17, 15) is 4.79 Å². The van der Waals surface area contributed by atoms with Crippen LogP contribution in [0, 0.1) is 6.92 Å². The molecule has 1 heterocycles. The summed E-state index contributed by atoms with van der Waals surface area (Å²) in [6.07, 6.45) is 3.96. The number of nitrogens with one attached hydrogen (secondary N) is 1. The van der Waals surface area contributed by atoms with Crippen LogP contribution in [-0.2, 0) is 4.74 Å². The van der Waals surface area contributed by atoms with Gasteiger partial charge in [0.2, 0.25) is 0 Å². The Morgan fingerprint density at radius 1 is 1.35 bits per heavy atom. The molecule has 1 amide bonds. The number of hydrogen-bond donors (Lipinski definition) is 2. The van der Waals surface area contributed by atoms with Crippen LogP contribution in [0.5, 0.6) is 0 Å². The summed E-state index contributed by atoms with van der Waals surface area (Å²) < 4.78 is 4.96. The zero-order valence-electron chi connectivity index (χ0n) is 11.6. The number of amides is 1. The second-order valence-electron chi connectivity index (χ2n) is 4.57. The molecule has 0 spiro atoms. The van der Waals surface area contributed by atoms with Crippen molar-refractivity contribution < 1.29 is 9.53 Å². The molecule has 0 bridgehead atoms. The lowest BCUT2D eigenvalue weighted by Gasteiger charge is -1.99. The number of methoxy groups -OCH3 is 1. The van der Waals surface area contributed by atoms with Crippen LogP contribution in [-0.4, -0.2) is 24.6 Å². The molecule has 3 N–H and O–H groups in total. The fourth-order valence-electron chi connectivity index (χ4n) is 2.02. The number of ether oxygens (including phenoxy) is 1. The fourth-order valence-corrected chi connectivity index (χ4v) is 2.02. The molecule has 4 nitrogen and oxygen atoms in total. The predicted octanol–water partition coefficient (Wildman–Crippen LogP) is 2.75. The number of hydrogen-bond acceptors (Lipinski definition) is 2. The molecule has 1 aromatic carbocycles. The van der Waals surface area contributed by atoms with Crippen LogP contribution in [0.3, 0.4) is 0 Å². The monoisotopic (exact) mass is 270 g/mol. The number of carbonyl (C=O) groups is 1. The summed E-state index contributed by atoms with van der Waals surface area (Å²) in [6, 6.07) is 9.82. The molecule has 0 aliphatic heterocycles. The molecule has 1 aromatic heterocycles. The lowest BCUT2D eigenvalue weighted by molar-refractivity contribution is 0.1000. The molecule has 2 rings (SSSR count). The van der Waals surface area contributed by atoms with Crippen molar-refractivity contribution in [3.05, 3.63) is 53.2 Å². The topological polar surface area (TPSA) is 68.1 Å². The lowest BCUT2D eigenvalue weighted by Crippen LogP contribution is -2.10. The average molecular weight is 270 g/mol. The van der Waals surface area contributed by atoms with Crippen molar-refractivity contribution in [2.24, 2.45) is 5.73 Å². The minimum atomic E-state index is -0.413. The van der Waals surface area contributed by atoms with Crippen molar-refractivity contribution in [3.8, 4) is 11.3 Å². The highest BCUT2D eigenvalue weighted by Gasteiger charge is 2.10. The van der Waals surface area contributed by atoms with Crippen LogP contribution in [0.15, 0.2) is 36.4 Å². The number of rotatable bonds is 5. The van der Waals surface area contributed by atoms with Crippen LogP contribution in [0.1, 0.15) is 21.6 Å². The molecule has 0 atom stereocenters. The van der Waals surface area contributed by atoms with Gasteiger partial charge in [-0.2, -0.15) is 0 Å². The molecule has 0 aliphatic carbocycles. The summed E-state index contributed by atoms with van der Waals surface area (Å²) >= 11 is 0. The Morgan fingerprint density at radius 3 is 2.60 bits per heavy atom. The van der Waals surface area contributed by atoms with E-state index >= 15 is 0 Å². The molecule has 0 fully saturated rings. The van der Waals surface area contributed by atoms with Crippen molar-refractivity contribution in [1.82, 2.24) is 4.98 Å². The Labute approximate surface area is 118 Å². The van der Waals surface area contributed by atoms with E-state index in [4.69, 9.17) is 10.5 Å². The third-order valence-electron chi connectivity index (χ3n) is 3.08. The van der Waals surface area contributed by atoms with Crippen molar-refractivity contribution in [2.45, 2.75) is 6.92 Å². The van der Waals surface area contributed by atoms with E-state index in [0.717, 1.165) is 22.5 Å². The van der Waals surface area contributed by atoms with E-state index in [0.29, 0.717) is 12.2 Å². The molecule has 2 aromatic rings. The SMILES string of the molecule is COCC=Cc1ccc(-c2cc(C(N)=O)c(C)[nH]2)cc1. The molecule has 20 heavy (non-hydrogen) atoms. The van der Waals surface area contributed by atoms with Crippen LogP contribution < -0.4 is 5.73 Å². The summed E-state index contributed by atoms with van der Waals surface area (Å²) in [4.78, 5) is 14.4. The second-order valence-corrected chi connectivity index (χ2v) is 4.57. The highest BCUT2D eigenvalue weighted by atomic mass is 16.5. The number of carbonyl (C=O) groups excluding carboxylic acids is 1. The predicted molar refractivity (Wildman–Crippen MR) is 80.4 cm³/mol. The van der Waals surface area contributed by atoms with Crippen LogP contribution in [0.4, 0.5) is 0 Å². The number of benzene rings is 1. The second kappa shape index (κ2) is 6.21. The first-order valence-corrected chi connectivity index (χ1v) is 6.37. The van der Waals surface area contributed by atoms with Gasteiger partial charge in [0.15, 0.2) is 0 Å². The summed E-state index contributed by atoms with van der Waals surface area (Å²) in [5.74, 6) is -0.413. The summed E-state index contributed by atoms with van der Waals surface area (Å²) in [7, 11) is 1.66. The third-order valence-corrected chi connectivity index (χ3v) is 3.08. The number of aromatic nitrogens is 1. The Hall–Kier alpha value is -2.33. The standard InChI is InChI=1S/C16H18N2O2/c1-11-14(16(17)19)10-15(18-11)13-7-5-12(6-8-13)4-3-9-20-2/h3-8,10,18H,9H2,1-2H3,(H2,17,19). The van der Waals surface area contributed by atoms with Gasteiger partial charge in [0.05, 0.1) is 12.2 Å². The number of aromatic amines is 1. The molecule has 0 aliphatic rings. The first-order chi connectivity index (χ1) is 9.61. The number of nitrogens with two attached hydrogens (primary N) is 1. The Balaban J connectivity index is 2.21. The van der Waals surface area contributed by atoms with Gasteiger partial charge in [0.1, 0.15) is 0 Å². The Bertz CT molecular complexity index is 624. The van der Waals surface area contributed by atoms with Gasteiger partial charge in [0, 0.05) is 18.5 Å². The van der Waals surface area contributed by atoms with Gasteiger partial charge in [-0.05, 0) is 24.1 Å². The van der Waals surface area contributed by atoms with Gasteiger partial charge in [-0.1, -0.05) is 36.4 Å². The molecular formula is C16H18N2O2. The first kappa shape index (κ1) is 14.1. The van der Waals surface area contributed by atoms with Gasteiger partial charge in [-0.15, -0.1) is 0 Å². The molecule has 0 unspecified atom stereocenters. The Kier molecular flexibility index (Phi) is 4.38. The molecule has 4 heteroatoms. The van der Waals surface area contributed by atoms with E-state index in [1.807, 2.05) is 43.3 Å². The van der Waals surface area contributed by atoms with E-state index < -0.39 is 5.91 Å². The van der Waals surface area contributed by atoms with Gasteiger partial charge in [-0.25, -0.2) is 0 Å². The molecule has 0 radical (unpaired) electrons. The van der Waals surface area contributed by atoms with Crippen molar-refractivity contribution in [3.63, 3.8) is 0 Å². The van der Waals surface area contributed by atoms with E-state index in [1.54, 1.807) is 13.2 Å². The number of primary amides is 1. The van der Waals surface area contributed by atoms with Gasteiger partial charge in [0.25, 0.3) is 5.91 Å². The maximum Gasteiger partial charge on any atom is 0.250 e. The largest absolute Gasteiger partial charge is 0.381 e. The minimum Gasteiger partial charge on any atom is -0.381 e. The maximum absolute atomic E-state index is 11.2. The van der Waals surface area contributed by atoms with Crippen molar-refractivity contribution in [1.29, 1.82) is 0 Å². The first-order valence-electron chi connectivity index (χ1n) is 6.37. The van der Waals surface area contributed by atoms with Gasteiger partial charge < -0.3 is 15.5 Å². The van der Waals surface area contributed by atoms with Crippen molar-refractivity contribution >= 4 is 12.0 Å². The maximum atomic E-state index is 11.2. The Morgan fingerprint density at radius 2 is 2.05 bits per heavy atom. The number of aryl methyl sites for hydroxylation is 1. The van der Waals surface area contributed by atoms with E-state index in [2.05, 4.69) is 4.98 Å². The summed E-state index contributed by atoms with van der Waals surface area (Å²) in [6.45, 7) is 2.44. The van der Waals surface area contributed by atoms with E-state index in [1.165, 1.54) is 0 Å². The highest BCUT2D eigenvalue weighted by molar-refractivity contribution is 5.95. The average Bonchev–Trinajstić information content (AvgIpc) is 2.82. The third kappa shape index (κ3) is 3.16. The smallest absolute Gasteiger partial charge is 0.250 e. The summed E-state index contributed by atoms with van der Waals surface area (Å²) in [5.41, 5.74) is 9.65.